The van der Waals surface area contributed by atoms with Gasteiger partial charge >= 0.3 is 0 Å². The van der Waals surface area contributed by atoms with E-state index in [-0.39, 0.29) is 12.6 Å². The number of rotatable bonds is 5. The number of aliphatic hydroxyl groups excluding tert-OH is 1. The summed E-state index contributed by atoms with van der Waals surface area (Å²) >= 11 is 0. The van der Waals surface area contributed by atoms with Gasteiger partial charge in [-0.3, -0.25) is 0 Å². The molecule has 0 aromatic heterocycles. The second-order valence-corrected chi connectivity index (χ2v) is 3.57. The molecule has 1 unspecified atom stereocenters. The zero-order valence-corrected chi connectivity index (χ0v) is 9.36. The summed E-state index contributed by atoms with van der Waals surface area (Å²) in [6, 6.07) is 5.78. The molecule has 3 heteroatoms. The summed E-state index contributed by atoms with van der Waals surface area (Å²) in [5.41, 5.74) is 8.12. The molecule has 15 heavy (non-hydrogen) atoms. The van der Waals surface area contributed by atoms with Crippen molar-refractivity contribution in [1.82, 2.24) is 0 Å². The van der Waals surface area contributed by atoms with Gasteiger partial charge in [-0.1, -0.05) is 6.07 Å². The van der Waals surface area contributed by atoms with E-state index >= 15 is 0 Å². The second kappa shape index (κ2) is 5.73. The average molecular weight is 209 g/mol. The molecule has 1 aromatic rings. The summed E-state index contributed by atoms with van der Waals surface area (Å²) < 4.78 is 5.39. The molecule has 84 valence electrons. The molecule has 1 rings (SSSR count). The van der Waals surface area contributed by atoms with Crippen LogP contribution in [-0.4, -0.2) is 18.3 Å². The lowest BCUT2D eigenvalue weighted by Gasteiger charge is -2.14. The maximum atomic E-state index is 8.82. The van der Waals surface area contributed by atoms with Crippen molar-refractivity contribution in [1.29, 1.82) is 0 Å². The van der Waals surface area contributed by atoms with Gasteiger partial charge in [0, 0.05) is 12.6 Å². The Labute approximate surface area is 90.9 Å². The second-order valence-electron chi connectivity index (χ2n) is 3.57. The molecule has 0 heterocycles. The van der Waals surface area contributed by atoms with Gasteiger partial charge in [-0.05, 0) is 43.5 Å². The summed E-state index contributed by atoms with van der Waals surface area (Å²) in [6.07, 6.45) is 0.592. The van der Waals surface area contributed by atoms with Crippen molar-refractivity contribution in [2.45, 2.75) is 26.3 Å². The summed E-state index contributed by atoms with van der Waals surface area (Å²) in [5, 5.41) is 8.82. The molecule has 1 aromatic carbocycles. The maximum Gasteiger partial charge on any atom is 0.119 e. The first kappa shape index (κ1) is 12.0. The van der Waals surface area contributed by atoms with Crippen molar-refractivity contribution in [2.24, 2.45) is 5.73 Å². The molecule has 0 saturated heterocycles. The number of hydrogen-bond acceptors (Lipinski definition) is 3. The third-order valence-corrected chi connectivity index (χ3v) is 2.39. The quantitative estimate of drug-likeness (QED) is 0.777. The van der Waals surface area contributed by atoms with Crippen molar-refractivity contribution in [3.8, 4) is 5.75 Å². The van der Waals surface area contributed by atoms with Gasteiger partial charge in [-0.2, -0.15) is 0 Å². The fraction of sp³-hybridized carbons (Fsp3) is 0.500. The molecule has 3 N–H and O–H groups in total. The van der Waals surface area contributed by atoms with Crippen molar-refractivity contribution < 1.29 is 9.84 Å². The highest BCUT2D eigenvalue weighted by molar-refractivity contribution is 5.36. The Bertz CT molecular complexity index is 312. The Hall–Kier alpha value is -1.06. The van der Waals surface area contributed by atoms with Crippen LogP contribution in [0, 0.1) is 6.92 Å². The summed E-state index contributed by atoms with van der Waals surface area (Å²) in [5.74, 6) is 0.870. The van der Waals surface area contributed by atoms with Crippen LogP contribution in [0.1, 0.15) is 30.5 Å². The number of hydrogen-bond donors (Lipinski definition) is 2. The monoisotopic (exact) mass is 209 g/mol. The topological polar surface area (TPSA) is 55.5 Å². The van der Waals surface area contributed by atoms with Gasteiger partial charge in [0.05, 0.1) is 6.61 Å². The summed E-state index contributed by atoms with van der Waals surface area (Å²) in [6.45, 7) is 4.76. The van der Waals surface area contributed by atoms with E-state index in [2.05, 4.69) is 0 Å². The van der Waals surface area contributed by atoms with Crippen LogP contribution in [0.15, 0.2) is 18.2 Å². The minimum atomic E-state index is -0.0920. The number of aliphatic hydroxyl groups is 1. The highest BCUT2D eigenvalue weighted by atomic mass is 16.5. The van der Waals surface area contributed by atoms with Gasteiger partial charge in [-0.15, -0.1) is 0 Å². The van der Waals surface area contributed by atoms with Crippen molar-refractivity contribution in [2.75, 3.05) is 13.2 Å². The predicted molar refractivity (Wildman–Crippen MR) is 61.0 cm³/mol. The summed E-state index contributed by atoms with van der Waals surface area (Å²) in [4.78, 5) is 0. The first-order valence-corrected chi connectivity index (χ1v) is 5.28. The van der Waals surface area contributed by atoms with Crippen LogP contribution in [0.4, 0.5) is 0 Å². The van der Waals surface area contributed by atoms with E-state index in [9.17, 15) is 0 Å². The molecule has 0 bridgehead atoms. The third kappa shape index (κ3) is 3.22. The van der Waals surface area contributed by atoms with E-state index in [0.717, 1.165) is 16.9 Å². The highest BCUT2D eigenvalue weighted by Gasteiger charge is 2.08. The Morgan fingerprint density at radius 1 is 1.47 bits per heavy atom. The van der Waals surface area contributed by atoms with Gasteiger partial charge in [0.2, 0.25) is 0 Å². The Morgan fingerprint density at radius 3 is 2.73 bits per heavy atom. The van der Waals surface area contributed by atoms with Gasteiger partial charge in [0.1, 0.15) is 5.75 Å². The molecule has 0 aliphatic carbocycles. The van der Waals surface area contributed by atoms with Crippen LogP contribution >= 0.6 is 0 Å². The van der Waals surface area contributed by atoms with Gasteiger partial charge in [0.15, 0.2) is 0 Å². The van der Waals surface area contributed by atoms with E-state index in [0.29, 0.717) is 13.0 Å². The SMILES string of the molecule is CCOc1ccc(C(N)CCO)c(C)c1. The lowest BCUT2D eigenvalue weighted by molar-refractivity contribution is 0.276. The average Bonchev–Trinajstić information content (AvgIpc) is 2.18. The third-order valence-electron chi connectivity index (χ3n) is 2.39. The fourth-order valence-electron chi connectivity index (χ4n) is 1.62. The largest absolute Gasteiger partial charge is 0.494 e. The highest BCUT2D eigenvalue weighted by Crippen LogP contribution is 2.22. The van der Waals surface area contributed by atoms with E-state index < -0.39 is 0 Å². The van der Waals surface area contributed by atoms with Gasteiger partial charge in [-0.25, -0.2) is 0 Å². The standard InChI is InChI=1S/C12H19NO2/c1-3-15-10-4-5-11(9(2)8-10)12(13)6-7-14/h4-5,8,12,14H,3,6-7,13H2,1-2H3. The maximum absolute atomic E-state index is 8.82. The first-order valence-electron chi connectivity index (χ1n) is 5.28. The van der Waals surface area contributed by atoms with E-state index in [1.807, 2.05) is 32.0 Å². The molecular weight excluding hydrogens is 190 g/mol. The molecule has 0 fully saturated rings. The van der Waals surface area contributed by atoms with Gasteiger partial charge in [0.25, 0.3) is 0 Å². The van der Waals surface area contributed by atoms with Crippen LogP contribution in [0.3, 0.4) is 0 Å². The predicted octanol–water partition coefficient (Wildman–Crippen LogP) is 1.78. The summed E-state index contributed by atoms with van der Waals surface area (Å²) in [7, 11) is 0. The Morgan fingerprint density at radius 2 is 2.20 bits per heavy atom. The lowest BCUT2D eigenvalue weighted by Crippen LogP contribution is -2.13. The number of nitrogens with two attached hydrogens (primary N) is 1. The van der Waals surface area contributed by atoms with Crippen molar-refractivity contribution in [3.63, 3.8) is 0 Å². The van der Waals surface area contributed by atoms with E-state index in [1.54, 1.807) is 0 Å². The zero-order valence-electron chi connectivity index (χ0n) is 9.36. The van der Waals surface area contributed by atoms with Crippen LogP contribution in [0.25, 0.3) is 0 Å². The van der Waals surface area contributed by atoms with Crippen molar-refractivity contribution >= 4 is 0 Å². The molecule has 0 aliphatic rings. The van der Waals surface area contributed by atoms with E-state index in [1.165, 1.54) is 0 Å². The fourth-order valence-corrected chi connectivity index (χ4v) is 1.62. The number of ether oxygens (including phenoxy) is 1. The molecule has 0 aliphatic heterocycles. The molecule has 0 radical (unpaired) electrons. The normalized spacial score (nSPS) is 12.5. The molecule has 3 nitrogen and oxygen atoms in total. The lowest BCUT2D eigenvalue weighted by atomic mass is 9.99. The van der Waals surface area contributed by atoms with Crippen LogP contribution in [0.2, 0.25) is 0 Å². The zero-order chi connectivity index (χ0) is 11.3. The van der Waals surface area contributed by atoms with Gasteiger partial charge < -0.3 is 15.6 Å². The Balaban J connectivity index is 2.82. The smallest absolute Gasteiger partial charge is 0.119 e. The van der Waals surface area contributed by atoms with Crippen LogP contribution < -0.4 is 10.5 Å². The molecule has 0 saturated carbocycles. The minimum Gasteiger partial charge on any atom is -0.494 e. The molecule has 0 spiro atoms. The van der Waals surface area contributed by atoms with Crippen LogP contribution in [-0.2, 0) is 0 Å². The van der Waals surface area contributed by atoms with Crippen molar-refractivity contribution in [3.05, 3.63) is 29.3 Å². The molecular formula is C12H19NO2. The molecule has 0 amide bonds. The first-order chi connectivity index (χ1) is 7.19. The number of benzene rings is 1. The van der Waals surface area contributed by atoms with Crippen LogP contribution in [0.5, 0.6) is 5.75 Å². The molecule has 1 atom stereocenters. The number of aryl methyl sites for hydroxylation is 1. The minimum absolute atomic E-state index is 0.0920. The van der Waals surface area contributed by atoms with E-state index in [4.69, 9.17) is 15.6 Å². The Kier molecular flexibility index (Phi) is 4.59.